The van der Waals surface area contributed by atoms with Crippen LogP contribution in [0.5, 0.6) is 0 Å². The summed E-state index contributed by atoms with van der Waals surface area (Å²) in [5.41, 5.74) is 0.849. The van der Waals surface area contributed by atoms with E-state index < -0.39 is 15.1 Å². The third kappa shape index (κ3) is 3.66. The van der Waals surface area contributed by atoms with Gasteiger partial charge >= 0.3 is 0 Å². The minimum absolute atomic E-state index is 0.364. The van der Waals surface area contributed by atoms with E-state index in [2.05, 4.69) is 15.3 Å². The molecule has 0 spiro atoms. The van der Waals surface area contributed by atoms with Crippen molar-refractivity contribution in [2.45, 2.75) is 32.4 Å². The number of hydrogen-bond donors (Lipinski definition) is 1. The molecule has 0 aromatic carbocycles. The van der Waals surface area contributed by atoms with Crippen molar-refractivity contribution in [1.29, 1.82) is 0 Å². The molecule has 0 bridgehead atoms. The molecular weight excluding hydrogens is 238 g/mol. The van der Waals surface area contributed by atoms with Gasteiger partial charge in [-0.05, 0) is 20.3 Å². The molecule has 1 unspecified atom stereocenters. The van der Waals surface area contributed by atoms with Crippen molar-refractivity contribution in [1.82, 2.24) is 9.97 Å². The molecule has 1 aromatic heterocycles. The molecule has 1 aromatic rings. The van der Waals surface area contributed by atoms with E-state index in [0.29, 0.717) is 11.6 Å². The zero-order chi connectivity index (χ0) is 13.1. The maximum absolute atomic E-state index is 11.5. The van der Waals surface area contributed by atoms with Crippen molar-refractivity contribution >= 4 is 15.7 Å². The Morgan fingerprint density at radius 3 is 2.47 bits per heavy atom. The molecule has 0 fully saturated rings. The van der Waals surface area contributed by atoms with E-state index in [1.54, 1.807) is 6.92 Å². The summed E-state index contributed by atoms with van der Waals surface area (Å²) >= 11 is 0. The average Bonchev–Trinajstić information content (AvgIpc) is 2.26. The summed E-state index contributed by atoms with van der Waals surface area (Å²) < 4.78 is 23.0. The number of anilines is 1. The van der Waals surface area contributed by atoms with Crippen molar-refractivity contribution in [2.75, 3.05) is 18.1 Å². The molecule has 6 heteroatoms. The van der Waals surface area contributed by atoms with E-state index in [1.807, 2.05) is 19.9 Å². The highest BCUT2D eigenvalue weighted by atomic mass is 32.2. The molecule has 0 aliphatic heterocycles. The van der Waals surface area contributed by atoms with Crippen LogP contribution in [-0.4, -0.2) is 31.2 Å². The van der Waals surface area contributed by atoms with Gasteiger partial charge in [0.25, 0.3) is 0 Å². The van der Waals surface area contributed by atoms with E-state index in [9.17, 15) is 8.42 Å². The third-order valence-corrected chi connectivity index (χ3v) is 4.02. The fourth-order valence-corrected chi connectivity index (χ4v) is 1.83. The number of rotatable bonds is 5. The standard InChI is InChI=1S/C11H19N3O2S/c1-5-9-7-10(12-6-2)14-11(13-9)8(3)17(4,15)16/h7-8H,5-6H2,1-4H3,(H,12,13,14). The van der Waals surface area contributed by atoms with Crippen LogP contribution in [0.3, 0.4) is 0 Å². The smallest absolute Gasteiger partial charge is 0.157 e. The van der Waals surface area contributed by atoms with Crippen molar-refractivity contribution in [2.24, 2.45) is 0 Å². The lowest BCUT2D eigenvalue weighted by atomic mass is 10.3. The number of aromatic nitrogens is 2. The van der Waals surface area contributed by atoms with E-state index in [0.717, 1.165) is 18.7 Å². The minimum Gasteiger partial charge on any atom is -0.370 e. The molecule has 1 N–H and O–H groups in total. The van der Waals surface area contributed by atoms with Gasteiger partial charge in [0.2, 0.25) is 0 Å². The number of aryl methyl sites for hydroxylation is 1. The predicted molar refractivity (Wildman–Crippen MR) is 68.8 cm³/mol. The topological polar surface area (TPSA) is 72.0 Å². The minimum atomic E-state index is -3.17. The predicted octanol–water partition coefficient (Wildman–Crippen LogP) is 1.58. The van der Waals surface area contributed by atoms with Crippen molar-refractivity contribution < 1.29 is 8.42 Å². The highest BCUT2D eigenvalue weighted by Gasteiger charge is 2.21. The van der Waals surface area contributed by atoms with Gasteiger partial charge in [0.1, 0.15) is 16.9 Å². The fourth-order valence-electron chi connectivity index (χ4n) is 1.34. The first-order valence-corrected chi connectivity index (χ1v) is 7.64. The van der Waals surface area contributed by atoms with Crippen molar-refractivity contribution in [3.63, 3.8) is 0 Å². The maximum atomic E-state index is 11.5. The zero-order valence-corrected chi connectivity index (χ0v) is 11.5. The number of nitrogens with one attached hydrogen (secondary N) is 1. The molecule has 17 heavy (non-hydrogen) atoms. The number of hydrogen-bond acceptors (Lipinski definition) is 5. The van der Waals surface area contributed by atoms with Crippen molar-refractivity contribution in [3.8, 4) is 0 Å². The summed E-state index contributed by atoms with van der Waals surface area (Å²) in [5, 5.41) is 2.41. The fraction of sp³-hybridized carbons (Fsp3) is 0.636. The Morgan fingerprint density at radius 2 is 2.00 bits per heavy atom. The van der Waals surface area contributed by atoms with Gasteiger partial charge in [-0.15, -0.1) is 0 Å². The van der Waals surface area contributed by atoms with Gasteiger partial charge in [0, 0.05) is 24.6 Å². The lowest BCUT2D eigenvalue weighted by Gasteiger charge is -2.12. The summed E-state index contributed by atoms with van der Waals surface area (Å²) in [6.45, 7) is 6.30. The van der Waals surface area contributed by atoms with E-state index in [1.165, 1.54) is 6.26 Å². The largest absolute Gasteiger partial charge is 0.370 e. The van der Waals surface area contributed by atoms with Crippen LogP contribution in [-0.2, 0) is 16.3 Å². The van der Waals surface area contributed by atoms with Gasteiger partial charge in [-0.2, -0.15) is 0 Å². The van der Waals surface area contributed by atoms with Gasteiger partial charge in [-0.1, -0.05) is 6.92 Å². The lowest BCUT2D eigenvalue weighted by molar-refractivity contribution is 0.589. The van der Waals surface area contributed by atoms with Crippen LogP contribution in [0.4, 0.5) is 5.82 Å². The number of nitrogens with zero attached hydrogens (tertiary/aromatic N) is 2. The highest BCUT2D eigenvalue weighted by molar-refractivity contribution is 7.90. The highest BCUT2D eigenvalue weighted by Crippen LogP contribution is 2.19. The van der Waals surface area contributed by atoms with Crippen LogP contribution in [0.25, 0.3) is 0 Å². The Morgan fingerprint density at radius 1 is 1.35 bits per heavy atom. The summed E-state index contributed by atoms with van der Waals surface area (Å²) in [5.74, 6) is 1.05. The van der Waals surface area contributed by atoms with Crippen molar-refractivity contribution in [3.05, 3.63) is 17.6 Å². The first-order chi connectivity index (χ1) is 7.88. The summed E-state index contributed by atoms with van der Waals surface area (Å²) in [7, 11) is -3.17. The summed E-state index contributed by atoms with van der Waals surface area (Å²) in [4.78, 5) is 8.51. The molecule has 1 atom stereocenters. The Balaban J connectivity index is 3.19. The van der Waals surface area contributed by atoms with Crippen LogP contribution in [0.15, 0.2) is 6.07 Å². The Kier molecular flexibility index (Phi) is 4.45. The van der Waals surface area contributed by atoms with E-state index >= 15 is 0 Å². The van der Waals surface area contributed by atoms with Crippen LogP contribution in [0.1, 0.15) is 37.5 Å². The second kappa shape index (κ2) is 5.44. The van der Waals surface area contributed by atoms with Gasteiger partial charge < -0.3 is 5.32 Å². The Hall–Kier alpha value is -1.17. The Labute approximate surface area is 103 Å². The molecule has 0 aliphatic rings. The molecule has 5 nitrogen and oxygen atoms in total. The molecule has 0 radical (unpaired) electrons. The van der Waals surface area contributed by atoms with Crippen LogP contribution in [0.2, 0.25) is 0 Å². The lowest BCUT2D eigenvalue weighted by Crippen LogP contribution is -2.14. The second-order valence-corrected chi connectivity index (χ2v) is 6.32. The molecule has 0 saturated heterocycles. The normalized spacial score (nSPS) is 13.4. The second-order valence-electron chi connectivity index (χ2n) is 3.96. The third-order valence-electron chi connectivity index (χ3n) is 2.52. The van der Waals surface area contributed by atoms with Crippen LogP contribution >= 0.6 is 0 Å². The quantitative estimate of drug-likeness (QED) is 0.867. The van der Waals surface area contributed by atoms with Crippen LogP contribution in [0, 0.1) is 0 Å². The number of sulfone groups is 1. The first kappa shape index (κ1) is 13.9. The van der Waals surface area contributed by atoms with E-state index in [-0.39, 0.29) is 0 Å². The van der Waals surface area contributed by atoms with Gasteiger partial charge in [-0.3, -0.25) is 0 Å². The summed E-state index contributed by atoms with van der Waals surface area (Å²) in [6, 6.07) is 1.85. The van der Waals surface area contributed by atoms with Crippen LogP contribution < -0.4 is 5.32 Å². The first-order valence-electron chi connectivity index (χ1n) is 5.69. The molecule has 1 heterocycles. The van der Waals surface area contributed by atoms with Gasteiger partial charge in [0.05, 0.1) is 0 Å². The molecule has 0 aliphatic carbocycles. The van der Waals surface area contributed by atoms with E-state index in [4.69, 9.17) is 0 Å². The average molecular weight is 257 g/mol. The SMILES string of the molecule is CCNc1cc(CC)nc(C(C)S(C)(=O)=O)n1. The monoisotopic (exact) mass is 257 g/mol. The zero-order valence-electron chi connectivity index (χ0n) is 10.7. The molecule has 0 saturated carbocycles. The maximum Gasteiger partial charge on any atom is 0.157 e. The molecule has 1 rings (SSSR count). The Bertz CT molecular complexity index is 485. The molecular formula is C11H19N3O2S. The van der Waals surface area contributed by atoms with Gasteiger partial charge in [0.15, 0.2) is 9.84 Å². The molecule has 96 valence electrons. The molecule has 0 amide bonds. The van der Waals surface area contributed by atoms with Gasteiger partial charge in [-0.25, -0.2) is 18.4 Å². The summed E-state index contributed by atoms with van der Waals surface area (Å²) in [6.07, 6.45) is 1.96.